The fourth-order valence-electron chi connectivity index (χ4n) is 1.66. The maximum atomic E-state index is 11.1. The van der Waals surface area contributed by atoms with E-state index in [1.165, 1.54) is 17.3 Å². The summed E-state index contributed by atoms with van der Waals surface area (Å²) in [5.41, 5.74) is 0.467. The van der Waals surface area contributed by atoms with Crippen molar-refractivity contribution in [2.75, 3.05) is 26.3 Å². The Balaban J connectivity index is 0.00000289. The fourth-order valence-corrected chi connectivity index (χ4v) is 1.66. The van der Waals surface area contributed by atoms with Gasteiger partial charge in [0.1, 0.15) is 0 Å². The summed E-state index contributed by atoms with van der Waals surface area (Å²) in [6.45, 7) is -0.0870. The van der Waals surface area contributed by atoms with E-state index in [0.717, 1.165) is 0 Å². The largest absolute Gasteiger partial charge is 1.00 e. The fraction of sp³-hybridized carbons (Fsp3) is 0.455. The molecule has 0 saturated carbocycles. The van der Waals surface area contributed by atoms with Crippen LogP contribution in [-0.4, -0.2) is 52.4 Å². The predicted molar refractivity (Wildman–Crippen MR) is 57.7 cm³/mol. The van der Waals surface area contributed by atoms with Gasteiger partial charge in [0.25, 0.3) is 0 Å². The molecular weight excluding hydrogens is 247 g/mol. The third-order valence-electron chi connectivity index (χ3n) is 2.36. The van der Waals surface area contributed by atoms with Gasteiger partial charge in [-0.1, -0.05) is 6.07 Å². The summed E-state index contributed by atoms with van der Waals surface area (Å²) in [6.07, 6.45) is 2.97. The number of carbonyl (C=O) groups is 1. The summed E-state index contributed by atoms with van der Waals surface area (Å²) in [5, 5.41) is 28.9. The average Bonchev–Trinajstić information content (AvgIpc) is 2.31. The van der Waals surface area contributed by atoms with E-state index in [0.29, 0.717) is 5.56 Å². The van der Waals surface area contributed by atoms with E-state index in [1.54, 1.807) is 12.1 Å². The third kappa shape index (κ3) is 5.01. The number of aromatic nitrogens is 1. The van der Waals surface area contributed by atoms with E-state index < -0.39 is 12.0 Å². The van der Waals surface area contributed by atoms with Gasteiger partial charge in [0, 0.05) is 25.5 Å². The molecule has 1 aromatic heterocycles. The van der Waals surface area contributed by atoms with Gasteiger partial charge >= 0.3 is 29.6 Å². The van der Waals surface area contributed by atoms with Crippen molar-refractivity contribution in [1.82, 2.24) is 9.88 Å². The molecule has 7 heteroatoms. The maximum Gasteiger partial charge on any atom is 1.00 e. The number of nitrogens with zero attached hydrogens (tertiary/aromatic N) is 2. The van der Waals surface area contributed by atoms with Gasteiger partial charge in [-0.05, 0) is 11.6 Å². The Labute approximate surface area is 128 Å². The van der Waals surface area contributed by atoms with E-state index in [4.69, 9.17) is 10.2 Å². The zero-order chi connectivity index (χ0) is 12.7. The number of aliphatic hydroxyl groups is 2. The number of carboxylic acids is 1. The van der Waals surface area contributed by atoms with Crippen molar-refractivity contribution in [3.8, 4) is 0 Å². The van der Waals surface area contributed by atoms with Crippen LogP contribution in [0.4, 0.5) is 0 Å². The van der Waals surface area contributed by atoms with Crippen molar-refractivity contribution in [2.24, 2.45) is 0 Å². The van der Waals surface area contributed by atoms with Crippen LogP contribution < -0.4 is 34.7 Å². The molecule has 0 amide bonds. The molecule has 6 nitrogen and oxygen atoms in total. The molecule has 0 bridgehead atoms. The van der Waals surface area contributed by atoms with Crippen LogP contribution in [0.2, 0.25) is 0 Å². The number of hydrogen-bond donors (Lipinski definition) is 2. The van der Waals surface area contributed by atoms with Crippen molar-refractivity contribution >= 4 is 5.97 Å². The summed E-state index contributed by atoms with van der Waals surface area (Å²) in [7, 11) is 0. The van der Waals surface area contributed by atoms with Gasteiger partial charge in [-0.2, -0.15) is 0 Å². The Bertz CT molecular complexity index is 344. The first kappa shape index (κ1) is 17.5. The minimum atomic E-state index is -1.28. The monoisotopic (exact) mass is 262 g/mol. The number of rotatable bonds is 7. The number of pyridine rings is 1. The molecule has 0 spiro atoms. The second-order valence-electron chi connectivity index (χ2n) is 3.49. The van der Waals surface area contributed by atoms with Crippen LogP contribution in [0.15, 0.2) is 24.5 Å². The summed E-state index contributed by atoms with van der Waals surface area (Å²) in [5.74, 6) is -1.28. The molecule has 94 valence electrons. The Hall–Kier alpha value is -0.500. The zero-order valence-corrected chi connectivity index (χ0v) is 12.3. The summed E-state index contributed by atoms with van der Waals surface area (Å²) in [4.78, 5) is 16.4. The van der Waals surface area contributed by atoms with E-state index in [-0.39, 0.29) is 55.9 Å². The summed E-state index contributed by atoms with van der Waals surface area (Å²) < 4.78 is 0. The molecule has 1 rings (SSSR count). The summed E-state index contributed by atoms with van der Waals surface area (Å²) in [6, 6.07) is 2.24. The van der Waals surface area contributed by atoms with Crippen molar-refractivity contribution < 1.29 is 49.7 Å². The Morgan fingerprint density at radius 2 is 2.00 bits per heavy atom. The second-order valence-corrected chi connectivity index (χ2v) is 3.49. The van der Waals surface area contributed by atoms with Crippen LogP contribution in [0, 0.1) is 0 Å². The van der Waals surface area contributed by atoms with E-state index in [1.807, 2.05) is 0 Å². The SMILES string of the molecule is O=C([O-])C(c1cccnc1)N(CCO)CCO.[Na+]. The molecule has 0 aromatic carbocycles. The van der Waals surface area contributed by atoms with Crippen LogP contribution in [-0.2, 0) is 4.79 Å². The first-order valence-electron chi connectivity index (χ1n) is 5.27. The third-order valence-corrected chi connectivity index (χ3v) is 2.36. The van der Waals surface area contributed by atoms with Gasteiger partial charge < -0.3 is 20.1 Å². The minimum absolute atomic E-state index is 0. The van der Waals surface area contributed by atoms with Crippen molar-refractivity contribution in [2.45, 2.75) is 6.04 Å². The number of hydrogen-bond acceptors (Lipinski definition) is 6. The molecule has 2 N–H and O–H groups in total. The van der Waals surface area contributed by atoms with Crippen LogP contribution in [0.1, 0.15) is 11.6 Å². The number of aliphatic hydroxyl groups excluding tert-OH is 2. The smallest absolute Gasteiger partial charge is 0.548 e. The molecule has 0 fully saturated rings. The zero-order valence-electron chi connectivity index (χ0n) is 10.3. The summed E-state index contributed by atoms with van der Waals surface area (Å²) >= 11 is 0. The molecule has 1 unspecified atom stereocenters. The molecule has 0 aliphatic heterocycles. The second kappa shape index (κ2) is 9.43. The minimum Gasteiger partial charge on any atom is -0.548 e. The first-order chi connectivity index (χ1) is 8.20. The van der Waals surface area contributed by atoms with E-state index in [9.17, 15) is 9.90 Å². The molecule has 0 radical (unpaired) electrons. The Kier molecular flexibility index (Phi) is 9.17. The van der Waals surface area contributed by atoms with Crippen LogP contribution in [0.3, 0.4) is 0 Å². The topological polar surface area (TPSA) is 96.7 Å². The van der Waals surface area contributed by atoms with Gasteiger partial charge in [-0.15, -0.1) is 0 Å². The molecule has 1 heterocycles. The van der Waals surface area contributed by atoms with E-state index in [2.05, 4.69) is 4.98 Å². The van der Waals surface area contributed by atoms with Crippen molar-refractivity contribution in [1.29, 1.82) is 0 Å². The molecule has 18 heavy (non-hydrogen) atoms. The number of carboxylic acid groups (broad SMARTS) is 1. The quantitative estimate of drug-likeness (QED) is 0.478. The van der Waals surface area contributed by atoms with Gasteiger partial charge in [0.15, 0.2) is 0 Å². The standard InChI is InChI=1S/C11H16N2O4.Na/c14-6-4-13(5-7-15)10(11(16)17)9-2-1-3-12-8-9;/h1-3,8,10,14-15H,4-7H2,(H,16,17);/q;+1/p-1. The van der Waals surface area contributed by atoms with Gasteiger partial charge in [0.05, 0.1) is 25.2 Å². The molecule has 0 aliphatic carbocycles. The molecular formula is C11H15N2NaO4. The van der Waals surface area contributed by atoms with Gasteiger partial charge in [-0.3, -0.25) is 9.88 Å². The predicted octanol–water partition coefficient (Wildman–Crippen LogP) is -4.84. The Morgan fingerprint density at radius 1 is 1.39 bits per heavy atom. The van der Waals surface area contributed by atoms with E-state index >= 15 is 0 Å². The van der Waals surface area contributed by atoms with Crippen LogP contribution in [0.5, 0.6) is 0 Å². The van der Waals surface area contributed by atoms with Crippen LogP contribution >= 0.6 is 0 Å². The Morgan fingerprint density at radius 3 is 2.39 bits per heavy atom. The van der Waals surface area contributed by atoms with Gasteiger partial charge in [0.2, 0.25) is 0 Å². The number of aliphatic carboxylic acids is 1. The molecule has 1 atom stereocenters. The van der Waals surface area contributed by atoms with Crippen molar-refractivity contribution in [3.05, 3.63) is 30.1 Å². The molecule has 1 aromatic rings. The number of carbonyl (C=O) groups excluding carboxylic acids is 1. The molecule has 0 aliphatic rings. The van der Waals surface area contributed by atoms with Crippen molar-refractivity contribution in [3.63, 3.8) is 0 Å². The van der Waals surface area contributed by atoms with Gasteiger partial charge in [-0.25, -0.2) is 0 Å². The maximum absolute atomic E-state index is 11.1. The van der Waals surface area contributed by atoms with Crippen LogP contribution in [0.25, 0.3) is 0 Å². The average molecular weight is 262 g/mol. The first-order valence-corrected chi connectivity index (χ1v) is 5.27. The molecule has 0 saturated heterocycles. The normalized spacial score (nSPS) is 11.9.